The number of hydrogen-bond acceptors (Lipinski definition) is 8. The van der Waals surface area contributed by atoms with Crippen molar-refractivity contribution in [1.29, 1.82) is 0 Å². The van der Waals surface area contributed by atoms with Crippen LogP contribution in [0, 0.1) is 23.6 Å². The predicted octanol–water partition coefficient (Wildman–Crippen LogP) is 4.33. The molecule has 13 heteroatoms. The van der Waals surface area contributed by atoms with Crippen molar-refractivity contribution < 1.29 is 18.7 Å². The summed E-state index contributed by atoms with van der Waals surface area (Å²) in [7, 11) is 3.31. The third kappa shape index (κ3) is 5.79. The van der Waals surface area contributed by atoms with Crippen LogP contribution < -0.4 is 24.7 Å². The van der Waals surface area contributed by atoms with E-state index in [-0.39, 0.29) is 36.2 Å². The molecule has 0 spiro atoms. The minimum Gasteiger partial charge on any atom is -0.481 e. The molecule has 6 rings (SSSR count). The zero-order valence-electron chi connectivity index (χ0n) is 23.0. The second-order valence-corrected chi connectivity index (χ2v) is 12.0. The number of para-hydroxylation sites is 1. The van der Waals surface area contributed by atoms with E-state index in [1.165, 1.54) is 44.8 Å². The molecule has 2 aromatic carbocycles. The summed E-state index contributed by atoms with van der Waals surface area (Å²) >= 11 is 2.74. The molecule has 4 heterocycles. The van der Waals surface area contributed by atoms with Gasteiger partial charge in [-0.1, -0.05) is 43.2 Å². The molecular formula is C28H28FN7O3S2. The number of anilines is 2. The van der Waals surface area contributed by atoms with E-state index in [9.17, 15) is 14.0 Å². The van der Waals surface area contributed by atoms with E-state index in [1.807, 2.05) is 28.8 Å². The maximum atomic E-state index is 14.5. The lowest BCUT2D eigenvalue weighted by atomic mass is 9.92. The van der Waals surface area contributed by atoms with E-state index < -0.39 is 5.82 Å². The Morgan fingerprint density at radius 3 is 2.85 bits per heavy atom. The number of aromatic nitrogens is 3. The Balaban J connectivity index is 0.000000191. The zero-order valence-corrected chi connectivity index (χ0v) is 24.6. The molecule has 0 saturated heterocycles. The first-order valence-corrected chi connectivity index (χ1v) is 14.3. The van der Waals surface area contributed by atoms with Crippen LogP contribution in [0.3, 0.4) is 0 Å². The summed E-state index contributed by atoms with van der Waals surface area (Å²) in [5.41, 5.74) is 1.60. The smallest absolute Gasteiger partial charge is 0.323 e. The van der Waals surface area contributed by atoms with Gasteiger partial charge in [-0.25, -0.2) is 19.2 Å². The largest absolute Gasteiger partial charge is 0.481 e. The Hall–Kier alpha value is -4.28. The van der Waals surface area contributed by atoms with Gasteiger partial charge < -0.3 is 14.6 Å². The number of nitrogens with zero attached hydrogens (tertiary/aromatic N) is 6. The van der Waals surface area contributed by atoms with Crippen LogP contribution in [0.25, 0.3) is 10.2 Å². The first kappa shape index (κ1) is 28.3. The average Bonchev–Trinajstić information content (AvgIpc) is 3.63. The van der Waals surface area contributed by atoms with E-state index in [4.69, 9.17) is 11.2 Å². The second-order valence-electron chi connectivity index (χ2n) is 10.2. The molecule has 1 N–H and O–H groups in total. The van der Waals surface area contributed by atoms with E-state index in [2.05, 4.69) is 39.4 Å². The fraction of sp³-hybridized carbons (Fsp3) is 0.321. The normalized spacial score (nSPS) is 15.4. The van der Waals surface area contributed by atoms with Crippen LogP contribution in [-0.2, 0) is 17.8 Å². The van der Waals surface area contributed by atoms with E-state index >= 15 is 0 Å². The first-order chi connectivity index (χ1) is 19.6. The lowest BCUT2D eigenvalue weighted by molar-refractivity contribution is -0.121. The predicted molar refractivity (Wildman–Crippen MR) is 158 cm³/mol. The van der Waals surface area contributed by atoms with Gasteiger partial charge in [0.25, 0.3) is 5.91 Å². The van der Waals surface area contributed by atoms with E-state index in [0.29, 0.717) is 21.4 Å². The lowest BCUT2D eigenvalue weighted by Crippen LogP contribution is -2.39. The van der Waals surface area contributed by atoms with Gasteiger partial charge in [0.15, 0.2) is 17.6 Å². The number of amides is 3. The molecule has 0 radical (unpaired) electrons. The van der Waals surface area contributed by atoms with Crippen LogP contribution in [0.4, 0.5) is 25.7 Å². The van der Waals surface area contributed by atoms with Crippen molar-refractivity contribution in [2.75, 3.05) is 37.0 Å². The number of thiazole rings is 1. The number of fused-ring (bicyclic) bond motifs is 3. The highest BCUT2D eigenvalue weighted by molar-refractivity contribution is 7.22. The highest BCUT2D eigenvalue weighted by Gasteiger charge is 2.31. The fourth-order valence-electron chi connectivity index (χ4n) is 4.50. The van der Waals surface area contributed by atoms with Crippen molar-refractivity contribution in [2.24, 2.45) is 10.4 Å². The molecule has 0 aliphatic carbocycles. The third-order valence-corrected chi connectivity index (χ3v) is 8.41. The van der Waals surface area contributed by atoms with Gasteiger partial charge in [-0.05, 0) is 23.6 Å². The SMILES string of the molecule is C#CCN1C(=O)COc2cc(F)c(N=c3snc4n3CC(C)(C)C4)cc21.CNC(=O)N(C)c1nc2ccccc2s1. The summed E-state index contributed by atoms with van der Waals surface area (Å²) in [6.45, 7) is 5.05. The number of halogens is 1. The monoisotopic (exact) mass is 593 g/mol. The molecule has 0 atom stereocenters. The van der Waals surface area contributed by atoms with Crippen molar-refractivity contribution in [2.45, 2.75) is 26.8 Å². The molecule has 41 heavy (non-hydrogen) atoms. The van der Waals surface area contributed by atoms with Crippen LogP contribution in [0.5, 0.6) is 5.75 Å². The number of carbonyl (C=O) groups excluding carboxylic acids is 2. The Morgan fingerprint density at radius 2 is 2.12 bits per heavy atom. The number of benzene rings is 2. The van der Waals surface area contributed by atoms with Crippen LogP contribution >= 0.6 is 22.9 Å². The molecular weight excluding hydrogens is 565 g/mol. The van der Waals surface area contributed by atoms with Crippen molar-refractivity contribution in [3.63, 3.8) is 0 Å². The van der Waals surface area contributed by atoms with Gasteiger partial charge in [-0.2, -0.15) is 4.37 Å². The highest BCUT2D eigenvalue weighted by Crippen LogP contribution is 2.37. The number of urea groups is 1. The second kappa shape index (κ2) is 11.3. The van der Waals surface area contributed by atoms with Crippen LogP contribution in [-0.4, -0.2) is 53.1 Å². The van der Waals surface area contributed by atoms with Gasteiger partial charge in [0, 0.05) is 44.7 Å². The number of ether oxygens (including phenoxy) is 1. The van der Waals surface area contributed by atoms with Gasteiger partial charge in [0.1, 0.15) is 17.3 Å². The number of rotatable bonds is 3. The van der Waals surface area contributed by atoms with Gasteiger partial charge in [0.2, 0.25) is 4.80 Å². The molecule has 3 amide bonds. The molecule has 2 aliphatic heterocycles. The molecule has 0 fully saturated rings. The molecule has 0 unspecified atom stereocenters. The summed E-state index contributed by atoms with van der Waals surface area (Å²) in [5, 5.41) is 3.27. The number of terminal acetylenes is 1. The summed E-state index contributed by atoms with van der Waals surface area (Å²) in [5.74, 6) is 2.92. The van der Waals surface area contributed by atoms with Gasteiger partial charge in [-0.15, -0.1) is 6.42 Å². The van der Waals surface area contributed by atoms with Gasteiger partial charge in [0.05, 0.1) is 22.4 Å². The molecule has 0 bridgehead atoms. The van der Waals surface area contributed by atoms with Crippen LogP contribution in [0.15, 0.2) is 41.4 Å². The van der Waals surface area contributed by atoms with Crippen LogP contribution in [0.2, 0.25) is 0 Å². The van der Waals surface area contributed by atoms with Crippen molar-refractivity contribution in [3.8, 4) is 18.1 Å². The minimum absolute atomic E-state index is 0.0964. The summed E-state index contributed by atoms with van der Waals surface area (Å²) in [4.78, 5) is 35.8. The molecule has 212 valence electrons. The molecule has 2 aromatic heterocycles. The Labute approximate surface area is 244 Å². The minimum atomic E-state index is -0.515. The topological polar surface area (TPSA) is 105 Å². The Morgan fingerprint density at radius 1 is 1.34 bits per heavy atom. The van der Waals surface area contributed by atoms with E-state index in [0.717, 1.165) is 29.0 Å². The van der Waals surface area contributed by atoms with Gasteiger partial charge in [-0.3, -0.25) is 14.6 Å². The van der Waals surface area contributed by atoms with Crippen molar-refractivity contribution in [1.82, 2.24) is 19.2 Å². The summed E-state index contributed by atoms with van der Waals surface area (Å²) in [6.07, 6.45) is 6.22. The zero-order chi connectivity index (χ0) is 29.3. The summed E-state index contributed by atoms with van der Waals surface area (Å²) < 4.78 is 27.4. The quantitative estimate of drug-likeness (QED) is 0.356. The number of nitrogens with one attached hydrogen (secondary N) is 1. The fourth-order valence-corrected chi connectivity index (χ4v) is 6.19. The van der Waals surface area contributed by atoms with Gasteiger partial charge >= 0.3 is 6.03 Å². The highest BCUT2D eigenvalue weighted by atomic mass is 32.1. The average molecular weight is 594 g/mol. The van der Waals surface area contributed by atoms with E-state index in [1.54, 1.807) is 14.1 Å². The Kier molecular flexibility index (Phi) is 7.79. The molecule has 2 aliphatic rings. The number of hydrogen-bond donors (Lipinski definition) is 1. The molecule has 10 nitrogen and oxygen atoms in total. The third-order valence-electron chi connectivity index (χ3n) is 6.52. The van der Waals surface area contributed by atoms with Crippen LogP contribution in [0.1, 0.15) is 19.7 Å². The summed E-state index contributed by atoms with van der Waals surface area (Å²) in [6, 6.07) is 10.4. The number of carbonyl (C=O) groups is 2. The maximum Gasteiger partial charge on any atom is 0.323 e. The maximum absolute atomic E-state index is 14.5. The molecule has 4 aromatic rings. The van der Waals surface area contributed by atoms with Crippen molar-refractivity contribution >= 4 is 61.5 Å². The molecule has 0 saturated carbocycles. The standard InChI is InChI=1S/C18H17FN4O2S.C10H11N3OS/c1-4-5-22-13-7-12(11(19)6-14(13)25-9-16(22)24)20-17-23-10-18(2,3)8-15(23)21-26-17;1-11-9(14)13(2)10-12-7-5-3-4-6-8(7)15-10/h1,6-7H,5,8-10H2,2-3H3;3-6H,1-2H3,(H,11,14). The lowest BCUT2D eigenvalue weighted by Gasteiger charge is -2.28. The Bertz CT molecular complexity index is 1720. The first-order valence-electron chi connectivity index (χ1n) is 12.7. The van der Waals surface area contributed by atoms with Crippen molar-refractivity contribution in [3.05, 3.63) is 52.8 Å².